The zero-order valence-electron chi connectivity index (χ0n) is 10.3. The fourth-order valence-electron chi connectivity index (χ4n) is 1.71. The molecule has 0 aliphatic carbocycles. The molecular weight excluding hydrogens is 313 g/mol. The molecule has 1 unspecified atom stereocenters. The number of thiophene rings is 1. The van der Waals surface area contributed by atoms with Crippen LogP contribution in [0.5, 0.6) is 0 Å². The van der Waals surface area contributed by atoms with Gasteiger partial charge in [-0.25, -0.2) is 4.39 Å². The van der Waals surface area contributed by atoms with E-state index < -0.39 is 0 Å². The Morgan fingerprint density at radius 3 is 2.72 bits per heavy atom. The van der Waals surface area contributed by atoms with E-state index >= 15 is 0 Å². The van der Waals surface area contributed by atoms with Gasteiger partial charge in [-0.15, -0.1) is 11.3 Å². The molecule has 0 amide bonds. The molecule has 4 heteroatoms. The third kappa shape index (κ3) is 3.40. The van der Waals surface area contributed by atoms with Crippen molar-refractivity contribution in [2.75, 3.05) is 0 Å². The summed E-state index contributed by atoms with van der Waals surface area (Å²) in [4.78, 5) is 2.62. The predicted molar refractivity (Wildman–Crippen MR) is 78.4 cm³/mol. The Hall–Kier alpha value is -0.710. The van der Waals surface area contributed by atoms with Gasteiger partial charge in [0.25, 0.3) is 0 Å². The van der Waals surface area contributed by atoms with E-state index in [4.69, 9.17) is 0 Å². The van der Waals surface area contributed by atoms with Gasteiger partial charge in [0.15, 0.2) is 0 Å². The summed E-state index contributed by atoms with van der Waals surface area (Å²) in [7, 11) is 0. The molecule has 0 radical (unpaired) electrons. The summed E-state index contributed by atoms with van der Waals surface area (Å²) in [5, 5.41) is 3.40. The molecule has 1 heterocycles. The quantitative estimate of drug-likeness (QED) is 0.849. The second-order valence-corrected chi connectivity index (χ2v) is 6.47. The summed E-state index contributed by atoms with van der Waals surface area (Å²) in [5.41, 5.74) is 0.954. The lowest BCUT2D eigenvalue weighted by Crippen LogP contribution is -2.17. The number of halogens is 2. The Kier molecular flexibility index (Phi) is 4.54. The average Bonchev–Trinajstić information content (AvgIpc) is 2.77. The molecular formula is C14H15BrFNS. The number of aryl methyl sites for hydroxylation is 1. The molecule has 1 N–H and O–H groups in total. The largest absolute Gasteiger partial charge is 0.305 e. The van der Waals surface area contributed by atoms with Crippen molar-refractivity contribution in [3.05, 3.63) is 55.9 Å². The van der Waals surface area contributed by atoms with E-state index in [-0.39, 0.29) is 11.9 Å². The van der Waals surface area contributed by atoms with E-state index in [2.05, 4.69) is 47.2 Å². The minimum absolute atomic E-state index is 0.214. The van der Waals surface area contributed by atoms with Gasteiger partial charge < -0.3 is 5.32 Å². The van der Waals surface area contributed by atoms with Crippen molar-refractivity contribution in [1.82, 2.24) is 5.32 Å². The van der Waals surface area contributed by atoms with Crippen LogP contribution in [0, 0.1) is 12.7 Å². The van der Waals surface area contributed by atoms with Gasteiger partial charge in [-0.05, 0) is 59.6 Å². The standard InChI is InChI=1S/C14H15BrFNS/c1-9-3-6-14(18-9)10(2)17-8-11-4-5-12(15)13(16)7-11/h3-7,10,17H,8H2,1-2H3. The number of benzene rings is 1. The normalized spacial score (nSPS) is 12.7. The molecule has 1 atom stereocenters. The maximum absolute atomic E-state index is 13.4. The molecule has 2 rings (SSSR count). The van der Waals surface area contributed by atoms with Crippen LogP contribution in [-0.4, -0.2) is 0 Å². The fourth-order valence-corrected chi connectivity index (χ4v) is 2.86. The average molecular weight is 328 g/mol. The van der Waals surface area contributed by atoms with Crippen molar-refractivity contribution in [3.8, 4) is 0 Å². The first-order chi connectivity index (χ1) is 8.56. The van der Waals surface area contributed by atoms with E-state index in [0.717, 1.165) is 5.56 Å². The van der Waals surface area contributed by atoms with Gasteiger partial charge in [0, 0.05) is 22.3 Å². The van der Waals surface area contributed by atoms with E-state index in [9.17, 15) is 4.39 Å². The lowest BCUT2D eigenvalue weighted by molar-refractivity contribution is 0.575. The van der Waals surface area contributed by atoms with Gasteiger partial charge in [-0.3, -0.25) is 0 Å². The molecule has 0 spiro atoms. The molecule has 0 saturated carbocycles. The molecule has 96 valence electrons. The second kappa shape index (κ2) is 5.95. The van der Waals surface area contributed by atoms with E-state index in [1.165, 1.54) is 9.75 Å². The molecule has 1 nitrogen and oxygen atoms in total. The minimum atomic E-state index is -0.214. The summed E-state index contributed by atoms with van der Waals surface area (Å²) in [6, 6.07) is 9.77. The Bertz CT molecular complexity index is 538. The summed E-state index contributed by atoms with van der Waals surface area (Å²) in [6.07, 6.45) is 0. The molecule has 2 aromatic rings. The van der Waals surface area contributed by atoms with Crippen LogP contribution in [0.1, 0.15) is 28.3 Å². The summed E-state index contributed by atoms with van der Waals surface area (Å²) in [5.74, 6) is -0.214. The van der Waals surface area contributed by atoms with Crippen LogP contribution in [0.2, 0.25) is 0 Å². The van der Waals surface area contributed by atoms with Crippen molar-refractivity contribution >= 4 is 27.3 Å². The molecule has 1 aromatic heterocycles. The highest BCUT2D eigenvalue weighted by Gasteiger charge is 2.07. The monoisotopic (exact) mass is 327 g/mol. The zero-order valence-corrected chi connectivity index (χ0v) is 12.7. The van der Waals surface area contributed by atoms with Gasteiger partial charge >= 0.3 is 0 Å². The Balaban J connectivity index is 1.97. The third-order valence-electron chi connectivity index (χ3n) is 2.78. The van der Waals surface area contributed by atoms with E-state index in [1.807, 2.05) is 6.07 Å². The third-order valence-corrected chi connectivity index (χ3v) is 4.61. The van der Waals surface area contributed by atoms with Gasteiger partial charge in [0.2, 0.25) is 0 Å². The van der Waals surface area contributed by atoms with Crippen molar-refractivity contribution in [3.63, 3.8) is 0 Å². The van der Waals surface area contributed by atoms with E-state index in [0.29, 0.717) is 11.0 Å². The van der Waals surface area contributed by atoms with Crippen LogP contribution in [0.4, 0.5) is 4.39 Å². The number of hydrogen-bond acceptors (Lipinski definition) is 2. The maximum atomic E-state index is 13.4. The van der Waals surface area contributed by atoms with Crippen LogP contribution in [0.3, 0.4) is 0 Å². The molecule has 0 fully saturated rings. The first-order valence-corrected chi connectivity index (χ1v) is 7.41. The molecule has 1 aromatic carbocycles. The van der Waals surface area contributed by atoms with Crippen LogP contribution >= 0.6 is 27.3 Å². The van der Waals surface area contributed by atoms with E-state index in [1.54, 1.807) is 23.5 Å². The Morgan fingerprint density at radius 2 is 2.11 bits per heavy atom. The smallest absolute Gasteiger partial charge is 0.137 e. The number of rotatable bonds is 4. The SMILES string of the molecule is Cc1ccc(C(C)NCc2ccc(Br)c(F)c2)s1. The highest BCUT2D eigenvalue weighted by Crippen LogP contribution is 2.23. The van der Waals surface area contributed by atoms with Crippen LogP contribution in [0.25, 0.3) is 0 Å². The highest BCUT2D eigenvalue weighted by atomic mass is 79.9. The highest BCUT2D eigenvalue weighted by molar-refractivity contribution is 9.10. The second-order valence-electron chi connectivity index (χ2n) is 4.30. The summed E-state index contributed by atoms with van der Waals surface area (Å²) < 4.78 is 13.9. The molecule has 18 heavy (non-hydrogen) atoms. The van der Waals surface area contributed by atoms with Crippen LogP contribution in [-0.2, 0) is 6.54 Å². The lowest BCUT2D eigenvalue weighted by atomic mass is 10.2. The molecule has 0 aliphatic heterocycles. The van der Waals surface area contributed by atoms with Gasteiger partial charge in [0.05, 0.1) is 4.47 Å². The predicted octanol–water partition coefficient (Wildman–Crippen LogP) is 4.81. The number of nitrogens with one attached hydrogen (secondary N) is 1. The number of hydrogen-bond donors (Lipinski definition) is 1. The summed E-state index contributed by atoms with van der Waals surface area (Å²) in [6.45, 7) is 4.90. The topological polar surface area (TPSA) is 12.0 Å². The minimum Gasteiger partial charge on any atom is -0.305 e. The first-order valence-electron chi connectivity index (χ1n) is 5.80. The first kappa shape index (κ1) is 13.7. The Labute approximate surface area is 119 Å². The van der Waals surface area contributed by atoms with Crippen LogP contribution in [0.15, 0.2) is 34.8 Å². The van der Waals surface area contributed by atoms with Crippen molar-refractivity contribution in [1.29, 1.82) is 0 Å². The van der Waals surface area contributed by atoms with Crippen molar-refractivity contribution < 1.29 is 4.39 Å². The Morgan fingerprint density at radius 1 is 1.33 bits per heavy atom. The summed E-state index contributed by atoms with van der Waals surface area (Å²) >= 11 is 4.95. The van der Waals surface area contributed by atoms with Crippen LogP contribution < -0.4 is 5.32 Å². The molecule has 0 bridgehead atoms. The van der Waals surface area contributed by atoms with Gasteiger partial charge in [-0.2, -0.15) is 0 Å². The zero-order chi connectivity index (χ0) is 13.1. The van der Waals surface area contributed by atoms with Crippen molar-refractivity contribution in [2.24, 2.45) is 0 Å². The van der Waals surface area contributed by atoms with Gasteiger partial charge in [0.1, 0.15) is 5.82 Å². The maximum Gasteiger partial charge on any atom is 0.137 e. The van der Waals surface area contributed by atoms with Crippen molar-refractivity contribution in [2.45, 2.75) is 26.4 Å². The lowest BCUT2D eigenvalue weighted by Gasteiger charge is -2.12. The molecule has 0 saturated heterocycles. The molecule has 0 aliphatic rings. The fraction of sp³-hybridized carbons (Fsp3) is 0.286. The van der Waals surface area contributed by atoms with Gasteiger partial charge in [-0.1, -0.05) is 6.07 Å².